The fourth-order valence-electron chi connectivity index (χ4n) is 2.78. The van der Waals surface area contributed by atoms with Crippen LogP contribution in [0.1, 0.15) is 13.8 Å². The van der Waals surface area contributed by atoms with E-state index in [0.29, 0.717) is 39.3 Å². The fourth-order valence-corrected chi connectivity index (χ4v) is 2.78. The summed E-state index contributed by atoms with van der Waals surface area (Å²) in [7, 11) is 0. The van der Waals surface area contributed by atoms with Crippen LogP contribution in [0.4, 0.5) is 4.39 Å². The van der Waals surface area contributed by atoms with Gasteiger partial charge in [-0.2, -0.15) is 0 Å². The van der Waals surface area contributed by atoms with Crippen LogP contribution in [0.5, 0.6) is 11.5 Å². The lowest BCUT2D eigenvalue weighted by Crippen LogP contribution is -2.15. The highest BCUT2D eigenvalue weighted by Gasteiger charge is 2.11. The molecule has 1 N–H and O–H groups in total. The van der Waals surface area contributed by atoms with Crippen molar-refractivity contribution < 1.29 is 23.8 Å². The number of ether oxygens (including phenoxy) is 2. The SMILES string of the molecule is C=C(C)C(=O)Oc1ccc(-c2ccc(-c3ccc(OC(O)C(=C)C)cc3)cc2F)cc1. The molecule has 3 aromatic carbocycles. The molecule has 4 nitrogen and oxygen atoms in total. The van der Waals surface area contributed by atoms with Gasteiger partial charge in [-0.3, -0.25) is 0 Å². The van der Waals surface area contributed by atoms with Gasteiger partial charge < -0.3 is 14.6 Å². The predicted molar refractivity (Wildman–Crippen MR) is 119 cm³/mol. The summed E-state index contributed by atoms with van der Waals surface area (Å²) in [6.07, 6.45) is -1.07. The number of rotatable bonds is 7. The molecule has 31 heavy (non-hydrogen) atoms. The highest BCUT2D eigenvalue weighted by atomic mass is 19.1. The molecule has 0 fully saturated rings. The third kappa shape index (κ3) is 5.47. The molecular weight excluding hydrogens is 395 g/mol. The first-order valence-corrected chi connectivity index (χ1v) is 9.63. The molecule has 0 aliphatic rings. The van der Waals surface area contributed by atoms with Crippen molar-refractivity contribution in [2.75, 3.05) is 0 Å². The monoisotopic (exact) mass is 418 g/mol. The number of hydrogen-bond donors (Lipinski definition) is 1. The normalized spacial score (nSPS) is 11.5. The van der Waals surface area contributed by atoms with Gasteiger partial charge in [0.25, 0.3) is 0 Å². The van der Waals surface area contributed by atoms with Crippen LogP contribution in [0.25, 0.3) is 22.3 Å². The molecule has 5 heteroatoms. The summed E-state index contributed by atoms with van der Waals surface area (Å²) in [4.78, 5) is 11.6. The number of carbonyl (C=O) groups is 1. The largest absolute Gasteiger partial charge is 0.461 e. The molecule has 0 heterocycles. The van der Waals surface area contributed by atoms with E-state index in [1.807, 2.05) is 6.07 Å². The van der Waals surface area contributed by atoms with Crippen LogP contribution in [0.15, 0.2) is 91.0 Å². The van der Waals surface area contributed by atoms with Crippen molar-refractivity contribution in [3.63, 3.8) is 0 Å². The fraction of sp³-hybridized carbons (Fsp3) is 0.115. The lowest BCUT2D eigenvalue weighted by molar-refractivity contribution is -0.130. The van der Waals surface area contributed by atoms with E-state index in [0.717, 1.165) is 5.56 Å². The van der Waals surface area contributed by atoms with Crippen molar-refractivity contribution in [1.82, 2.24) is 0 Å². The molecule has 0 spiro atoms. The van der Waals surface area contributed by atoms with Crippen LogP contribution in [-0.4, -0.2) is 17.4 Å². The Morgan fingerprint density at radius 1 is 0.871 bits per heavy atom. The van der Waals surface area contributed by atoms with Crippen LogP contribution in [0.2, 0.25) is 0 Å². The Hall–Kier alpha value is -3.70. The van der Waals surface area contributed by atoms with Gasteiger partial charge in [-0.25, -0.2) is 9.18 Å². The topological polar surface area (TPSA) is 55.8 Å². The molecule has 3 aromatic rings. The average molecular weight is 418 g/mol. The van der Waals surface area contributed by atoms with Gasteiger partial charge in [0.05, 0.1) is 0 Å². The Bertz CT molecular complexity index is 1120. The molecule has 0 aliphatic carbocycles. The number of carbonyl (C=O) groups excluding carboxylic acids is 1. The number of hydrogen-bond acceptors (Lipinski definition) is 4. The van der Waals surface area contributed by atoms with Crippen LogP contribution in [0, 0.1) is 5.82 Å². The summed E-state index contributed by atoms with van der Waals surface area (Å²) in [5.74, 6) is -0.0207. The zero-order valence-electron chi connectivity index (χ0n) is 17.4. The van der Waals surface area contributed by atoms with Gasteiger partial charge in [0.15, 0.2) is 0 Å². The van der Waals surface area contributed by atoms with Crippen molar-refractivity contribution >= 4 is 5.97 Å². The summed E-state index contributed by atoms with van der Waals surface area (Å²) < 4.78 is 25.3. The first-order valence-electron chi connectivity index (χ1n) is 9.63. The number of halogens is 1. The standard InChI is InChI=1S/C26H23FO4/c1-16(2)25(28)30-21-10-5-18(6-11-21)20-9-14-23(24(27)15-20)19-7-12-22(13-8-19)31-26(29)17(3)4/h5-15,25,28H,1,3H2,2,4H3. The molecule has 0 radical (unpaired) electrons. The van der Waals surface area contributed by atoms with Crippen molar-refractivity contribution in [2.24, 2.45) is 0 Å². The van der Waals surface area contributed by atoms with Crippen LogP contribution >= 0.6 is 0 Å². The maximum absolute atomic E-state index is 14.8. The summed E-state index contributed by atoms with van der Waals surface area (Å²) in [5.41, 5.74) is 3.42. The second-order valence-corrected chi connectivity index (χ2v) is 7.23. The first-order chi connectivity index (χ1) is 14.7. The Morgan fingerprint density at radius 2 is 1.42 bits per heavy atom. The summed E-state index contributed by atoms with van der Waals surface area (Å²) in [5, 5.41) is 9.73. The lowest BCUT2D eigenvalue weighted by Gasteiger charge is -2.13. The van der Waals surface area contributed by atoms with Gasteiger partial charge in [-0.15, -0.1) is 0 Å². The minimum absolute atomic E-state index is 0.303. The smallest absolute Gasteiger partial charge is 0.338 e. The molecule has 0 aliphatic heterocycles. The maximum atomic E-state index is 14.8. The molecule has 3 rings (SSSR count). The van der Waals surface area contributed by atoms with E-state index in [-0.39, 0.29) is 5.82 Å². The zero-order chi connectivity index (χ0) is 22.5. The Kier molecular flexibility index (Phi) is 6.68. The van der Waals surface area contributed by atoms with E-state index in [2.05, 4.69) is 13.2 Å². The van der Waals surface area contributed by atoms with Crippen molar-refractivity contribution in [1.29, 1.82) is 0 Å². The third-order valence-electron chi connectivity index (χ3n) is 4.55. The summed E-state index contributed by atoms with van der Waals surface area (Å²) >= 11 is 0. The van der Waals surface area contributed by atoms with Crippen LogP contribution in [0.3, 0.4) is 0 Å². The number of benzene rings is 3. The summed E-state index contributed by atoms with van der Waals surface area (Å²) in [6.45, 7) is 10.4. The molecule has 0 amide bonds. The van der Waals surface area contributed by atoms with Gasteiger partial charge in [-0.1, -0.05) is 49.6 Å². The molecule has 0 aromatic heterocycles. The van der Waals surface area contributed by atoms with Gasteiger partial charge >= 0.3 is 5.97 Å². The van der Waals surface area contributed by atoms with Crippen molar-refractivity contribution in [2.45, 2.75) is 20.1 Å². The number of esters is 1. The van der Waals surface area contributed by atoms with Gasteiger partial charge in [0.2, 0.25) is 6.29 Å². The molecule has 0 saturated heterocycles. The molecule has 158 valence electrons. The molecular formula is C26H23FO4. The number of aliphatic hydroxyl groups is 1. The second kappa shape index (κ2) is 9.41. The Morgan fingerprint density at radius 3 is 1.97 bits per heavy atom. The zero-order valence-corrected chi connectivity index (χ0v) is 17.4. The van der Waals surface area contributed by atoms with E-state index in [1.165, 1.54) is 6.07 Å². The first kappa shape index (κ1) is 22.0. The van der Waals surface area contributed by atoms with Crippen LogP contribution < -0.4 is 9.47 Å². The van der Waals surface area contributed by atoms with Crippen molar-refractivity contribution in [3.05, 3.63) is 96.9 Å². The quantitative estimate of drug-likeness (QED) is 0.170. The Balaban J connectivity index is 1.76. The van der Waals surface area contributed by atoms with Gasteiger partial charge in [0, 0.05) is 11.1 Å². The minimum Gasteiger partial charge on any atom is -0.461 e. The van der Waals surface area contributed by atoms with Crippen molar-refractivity contribution in [3.8, 4) is 33.8 Å². The van der Waals surface area contributed by atoms with E-state index in [9.17, 15) is 14.3 Å². The van der Waals surface area contributed by atoms with E-state index >= 15 is 0 Å². The van der Waals surface area contributed by atoms with E-state index in [4.69, 9.17) is 9.47 Å². The highest BCUT2D eigenvalue weighted by molar-refractivity contribution is 5.88. The van der Waals surface area contributed by atoms with Gasteiger partial charge in [-0.05, 0) is 66.4 Å². The minimum atomic E-state index is -1.07. The van der Waals surface area contributed by atoms with E-state index in [1.54, 1.807) is 68.4 Å². The van der Waals surface area contributed by atoms with Crippen LogP contribution in [-0.2, 0) is 4.79 Å². The predicted octanol–water partition coefficient (Wildman–Crippen LogP) is 5.91. The molecule has 1 atom stereocenters. The maximum Gasteiger partial charge on any atom is 0.338 e. The summed E-state index contributed by atoms with van der Waals surface area (Å²) in [6, 6.07) is 18.6. The molecule has 0 saturated carbocycles. The second-order valence-electron chi connectivity index (χ2n) is 7.23. The third-order valence-corrected chi connectivity index (χ3v) is 4.55. The van der Waals surface area contributed by atoms with Gasteiger partial charge in [0.1, 0.15) is 17.3 Å². The molecule has 0 bridgehead atoms. The lowest BCUT2D eigenvalue weighted by atomic mass is 9.99. The Labute approximate surface area is 180 Å². The molecule has 1 unspecified atom stereocenters. The highest BCUT2D eigenvalue weighted by Crippen LogP contribution is 2.30. The number of aliphatic hydroxyl groups excluding tert-OH is 1. The van der Waals surface area contributed by atoms with E-state index < -0.39 is 12.3 Å². The average Bonchev–Trinajstić information content (AvgIpc) is 2.74.